The van der Waals surface area contributed by atoms with E-state index in [1.165, 1.54) is 4.88 Å². The first-order chi connectivity index (χ1) is 6.76. The van der Waals surface area contributed by atoms with Gasteiger partial charge in [0.05, 0.1) is 0 Å². The number of alkyl halides is 1. The van der Waals surface area contributed by atoms with Crippen LogP contribution in [0.2, 0.25) is 0 Å². The maximum absolute atomic E-state index is 5.64. The van der Waals surface area contributed by atoms with Gasteiger partial charge in [0.1, 0.15) is 0 Å². The smallest absolute Gasteiger partial charge is 0.0285 e. The number of hydrogen-bond acceptors (Lipinski definition) is 3. The Morgan fingerprint density at radius 1 is 1.64 bits per heavy atom. The highest BCUT2D eigenvalue weighted by Crippen LogP contribution is 2.21. The minimum absolute atomic E-state index is 0.333. The van der Waals surface area contributed by atoms with Crippen LogP contribution < -0.4 is 11.3 Å². The molecule has 1 aromatic rings. The zero-order valence-electron chi connectivity index (χ0n) is 7.80. The quantitative estimate of drug-likeness (QED) is 0.481. The molecule has 0 amide bonds. The van der Waals surface area contributed by atoms with E-state index in [0.29, 0.717) is 11.9 Å². The molecule has 0 radical (unpaired) electrons. The summed E-state index contributed by atoms with van der Waals surface area (Å²) in [6, 6.07) is 2.47. The Hall–Kier alpha value is 0.390. The summed E-state index contributed by atoms with van der Waals surface area (Å²) in [5.74, 6) is 6.17. The third kappa shape index (κ3) is 4.28. The first kappa shape index (κ1) is 12.5. The van der Waals surface area contributed by atoms with E-state index in [1.54, 1.807) is 11.3 Å². The molecular formula is C9H14BrClN2S. The minimum atomic E-state index is 0.333. The average molecular weight is 298 g/mol. The Labute approximate surface area is 102 Å². The van der Waals surface area contributed by atoms with Crippen LogP contribution in [0.3, 0.4) is 0 Å². The molecule has 1 atom stereocenters. The van der Waals surface area contributed by atoms with Gasteiger partial charge in [-0.1, -0.05) is 0 Å². The fourth-order valence-corrected chi connectivity index (χ4v) is 2.96. The van der Waals surface area contributed by atoms with Crippen molar-refractivity contribution in [1.29, 1.82) is 0 Å². The maximum atomic E-state index is 5.64. The van der Waals surface area contributed by atoms with Gasteiger partial charge in [-0.15, -0.1) is 22.9 Å². The first-order valence-electron chi connectivity index (χ1n) is 4.51. The van der Waals surface area contributed by atoms with Gasteiger partial charge in [-0.25, -0.2) is 0 Å². The van der Waals surface area contributed by atoms with Crippen molar-refractivity contribution >= 4 is 38.9 Å². The monoisotopic (exact) mass is 296 g/mol. The second kappa shape index (κ2) is 6.80. The van der Waals surface area contributed by atoms with Gasteiger partial charge in [-0.05, 0) is 41.3 Å². The lowest BCUT2D eigenvalue weighted by Crippen LogP contribution is -2.36. The van der Waals surface area contributed by atoms with Crippen molar-refractivity contribution in [2.45, 2.75) is 25.3 Å². The highest BCUT2D eigenvalue weighted by molar-refractivity contribution is 9.10. The number of halogens is 2. The third-order valence-electron chi connectivity index (χ3n) is 1.99. The van der Waals surface area contributed by atoms with Gasteiger partial charge >= 0.3 is 0 Å². The lowest BCUT2D eigenvalue weighted by molar-refractivity contribution is 0.490. The SMILES string of the molecule is NNC(CCCCl)Cc1cc(Br)cs1. The van der Waals surface area contributed by atoms with Crippen molar-refractivity contribution in [2.24, 2.45) is 5.84 Å². The van der Waals surface area contributed by atoms with Crippen molar-refractivity contribution in [1.82, 2.24) is 5.43 Å². The van der Waals surface area contributed by atoms with Crippen LogP contribution >= 0.6 is 38.9 Å². The van der Waals surface area contributed by atoms with Crippen molar-refractivity contribution in [3.8, 4) is 0 Å². The summed E-state index contributed by atoms with van der Waals surface area (Å²) in [4.78, 5) is 1.34. The van der Waals surface area contributed by atoms with E-state index in [0.717, 1.165) is 23.7 Å². The van der Waals surface area contributed by atoms with E-state index in [-0.39, 0.29) is 0 Å². The second-order valence-corrected chi connectivity index (χ2v) is 5.42. The van der Waals surface area contributed by atoms with Crippen molar-refractivity contribution in [2.75, 3.05) is 5.88 Å². The predicted octanol–water partition coefficient (Wildman–Crippen LogP) is 2.90. The summed E-state index contributed by atoms with van der Waals surface area (Å²) in [5, 5.41) is 2.09. The lowest BCUT2D eigenvalue weighted by atomic mass is 10.1. The summed E-state index contributed by atoms with van der Waals surface area (Å²) in [6.07, 6.45) is 3.00. The molecule has 0 spiro atoms. The molecule has 0 aliphatic heterocycles. The molecule has 0 bridgehead atoms. The van der Waals surface area contributed by atoms with Crippen molar-refractivity contribution in [3.63, 3.8) is 0 Å². The summed E-state index contributed by atoms with van der Waals surface area (Å²) >= 11 is 10.8. The van der Waals surface area contributed by atoms with Gasteiger partial charge in [-0.2, -0.15) is 0 Å². The normalized spacial score (nSPS) is 13.1. The molecule has 1 aromatic heterocycles. The summed E-state index contributed by atoms with van der Waals surface area (Å²) in [5.41, 5.74) is 2.83. The number of hydrazine groups is 1. The molecule has 0 fully saturated rings. The number of thiophene rings is 1. The topological polar surface area (TPSA) is 38.0 Å². The molecule has 0 aliphatic rings. The van der Waals surface area contributed by atoms with E-state index in [9.17, 15) is 0 Å². The van der Waals surface area contributed by atoms with E-state index in [2.05, 4.69) is 32.8 Å². The summed E-state index contributed by atoms with van der Waals surface area (Å²) in [6.45, 7) is 0. The average Bonchev–Trinajstić information content (AvgIpc) is 2.58. The highest BCUT2D eigenvalue weighted by Gasteiger charge is 2.08. The van der Waals surface area contributed by atoms with E-state index in [4.69, 9.17) is 17.4 Å². The van der Waals surface area contributed by atoms with Gasteiger partial charge in [0.25, 0.3) is 0 Å². The molecule has 0 saturated heterocycles. The van der Waals surface area contributed by atoms with Crippen LogP contribution in [0.4, 0.5) is 0 Å². The van der Waals surface area contributed by atoms with Gasteiger partial charge in [0.15, 0.2) is 0 Å². The number of hydrogen-bond donors (Lipinski definition) is 2. The van der Waals surface area contributed by atoms with Crippen LogP contribution in [0.5, 0.6) is 0 Å². The first-order valence-corrected chi connectivity index (χ1v) is 6.72. The Kier molecular flexibility index (Phi) is 6.05. The predicted molar refractivity (Wildman–Crippen MR) is 66.8 cm³/mol. The van der Waals surface area contributed by atoms with Crippen LogP contribution in [0.25, 0.3) is 0 Å². The van der Waals surface area contributed by atoms with Crippen LogP contribution in [0.15, 0.2) is 15.9 Å². The Bertz CT molecular complexity index is 267. The minimum Gasteiger partial charge on any atom is -0.271 e. The molecule has 1 rings (SSSR count). The summed E-state index contributed by atoms with van der Waals surface area (Å²) in [7, 11) is 0. The van der Waals surface area contributed by atoms with Gasteiger partial charge < -0.3 is 0 Å². The number of nitrogens with one attached hydrogen (secondary N) is 1. The van der Waals surface area contributed by atoms with E-state index < -0.39 is 0 Å². The summed E-state index contributed by atoms with van der Waals surface area (Å²) < 4.78 is 1.14. The van der Waals surface area contributed by atoms with Gasteiger partial charge in [-0.3, -0.25) is 11.3 Å². The number of nitrogens with two attached hydrogens (primary N) is 1. The lowest BCUT2D eigenvalue weighted by Gasteiger charge is -2.13. The maximum Gasteiger partial charge on any atom is 0.0285 e. The van der Waals surface area contributed by atoms with Crippen LogP contribution in [-0.2, 0) is 6.42 Å². The Morgan fingerprint density at radius 2 is 2.43 bits per heavy atom. The zero-order chi connectivity index (χ0) is 10.4. The number of rotatable bonds is 6. The zero-order valence-corrected chi connectivity index (χ0v) is 11.0. The Morgan fingerprint density at radius 3 is 2.93 bits per heavy atom. The molecule has 0 saturated carbocycles. The van der Waals surface area contributed by atoms with Crippen LogP contribution in [0.1, 0.15) is 17.7 Å². The highest BCUT2D eigenvalue weighted by atomic mass is 79.9. The Balaban J connectivity index is 2.40. The molecular weight excluding hydrogens is 284 g/mol. The van der Waals surface area contributed by atoms with Gasteiger partial charge in [0.2, 0.25) is 0 Å². The largest absolute Gasteiger partial charge is 0.271 e. The molecule has 0 aromatic carbocycles. The fraction of sp³-hybridized carbons (Fsp3) is 0.556. The molecule has 14 heavy (non-hydrogen) atoms. The van der Waals surface area contributed by atoms with Crippen molar-refractivity contribution in [3.05, 3.63) is 20.8 Å². The van der Waals surface area contributed by atoms with Crippen LogP contribution in [-0.4, -0.2) is 11.9 Å². The molecule has 1 heterocycles. The van der Waals surface area contributed by atoms with E-state index in [1.807, 2.05) is 0 Å². The van der Waals surface area contributed by atoms with Gasteiger partial charge in [0, 0.05) is 26.7 Å². The molecule has 1 unspecified atom stereocenters. The molecule has 80 valence electrons. The molecule has 2 nitrogen and oxygen atoms in total. The standard InChI is InChI=1S/C9H14BrClN2S/c10-7-4-9(14-6-7)5-8(13-12)2-1-3-11/h4,6,8,13H,1-3,5,12H2. The second-order valence-electron chi connectivity index (χ2n) is 3.13. The van der Waals surface area contributed by atoms with E-state index >= 15 is 0 Å². The van der Waals surface area contributed by atoms with Crippen LogP contribution in [0, 0.1) is 0 Å². The molecule has 0 aliphatic carbocycles. The molecule has 5 heteroatoms. The molecule has 3 N–H and O–H groups in total. The fourth-order valence-electron chi connectivity index (χ4n) is 1.27. The van der Waals surface area contributed by atoms with Crippen molar-refractivity contribution < 1.29 is 0 Å². The third-order valence-corrected chi connectivity index (χ3v) is 3.98.